The van der Waals surface area contributed by atoms with Crippen LogP contribution in [0, 0.1) is 5.92 Å². The van der Waals surface area contributed by atoms with Gasteiger partial charge in [0, 0.05) is 43.3 Å². The quantitative estimate of drug-likeness (QED) is 0.0588. The van der Waals surface area contributed by atoms with E-state index < -0.39 is 28.7 Å². The van der Waals surface area contributed by atoms with Gasteiger partial charge in [0.05, 0.1) is 12.6 Å². The molecule has 2 heterocycles. The Kier molecular flexibility index (Phi) is 10.5. The monoisotopic (exact) mass is 604 g/mol. The normalized spacial score (nSPS) is 22.5. The molecule has 0 bridgehead atoms. The fraction of sp³-hybridized carbons (Fsp3) is 0.485. The molecule has 1 aromatic carbocycles. The molecule has 2 aliphatic rings. The molecule has 2 aromatic rings. The zero-order valence-corrected chi connectivity index (χ0v) is 26.0. The number of rotatable bonds is 15. The number of epoxide rings is 1. The Morgan fingerprint density at radius 1 is 1.18 bits per heavy atom. The highest BCUT2D eigenvalue weighted by Gasteiger charge is 2.85. The zero-order chi connectivity index (χ0) is 31.9. The Morgan fingerprint density at radius 3 is 2.57 bits per heavy atom. The minimum atomic E-state index is -2.01. The summed E-state index contributed by atoms with van der Waals surface area (Å²) in [5, 5.41) is 6.49. The molecule has 1 aliphatic heterocycles. The number of ketones is 2. The van der Waals surface area contributed by atoms with Crippen molar-refractivity contribution in [2.45, 2.75) is 70.1 Å². The molecule has 0 spiro atoms. The van der Waals surface area contributed by atoms with Gasteiger partial charge in [-0.1, -0.05) is 62.6 Å². The molecule has 0 unspecified atom stereocenters. The average molecular weight is 605 g/mol. The van der Waals surface area contributed by atoms with Crippen LogP contribution in [-0.4, -0.2) is 66.4 Å². The van der Waals surface area contributed by atoms with E-state index in [1.807, 2.05) is 26.0 Å². The van der Waals surface area contributed by atoms with E-state index in [0.29, 0.717) is 18.8 Å². The lowest BCUT2D eigenvalue weighted by molar-refractivity contribution is -0.149. The second kappa shape index (κ2) is 14.1. The summed E-state index contributed by atoms with van der Waals surface area (Å²) in [6.07, 6.45) is 6.82. The molecular formula is C33H44N6O5. The number of carbonyl (C=O) groups is 3. The Balaban J connectivity index is 1.60. The second-order valence-corrected chi connectivity index (χ2v) is 11.5. The van der Waals surface area contributed by atoms with E-state index in [0.717, 1.165) is 36.9 Å². The standard InChI is InChI=1S/C33H44N6O5/c1-5-7-10-22(19-37-6-2)20-43-30(42)33-29(41)25-12-9-8-11-24(25)28(40)32(33,44-33)15-13-21(3)17-26(39-31(35)36-4)23-14-16-38-27(34)18-23/h8-9,11-14,16,18,22,26,37H,5-7,10,15,17,19-20H2,1-4H3,(H2,34,38)(H3,35,36,39)/b21-13+/t22-,26-,32+,33+/m1/s1. The molecule has 1 fully saturated rings. The van der Waals surface area contributed by atoms with Crippen LogP contribution in [0.5, 0.6) is 0 Å². The number of esters is 1. The van der Waals surface area contributed by atoms with Gasteiger partial charge in [-0.2, -0.15) is 0 Å². The fourth-order valence-corrected chi connectivity index (χ4v) is 5.82. The summed E-state index contributed by atoms with van der Waals surface area (Å²) in [6.45, 7) is 7.65. The highest BCUT2D eigenvalue weighted by atomic mass is 16.7. The number of unbranched alkanes of at least 4 members (excludes halogenated alkanes) is 1. The molecule has 1 aromatic heterocycles. The molecule has 11 heteroatoms. The van der Waals surface area contributed by atoms with Crippen LogP contribution in [0.4, 0.5) is 5.82 Å². The van der Waals surface area contributed by atoms with E-state index in [1.54, 1.807) is 43.6 Å². The van der Waals surface area contributed by atoms with Crippen molar-refractivity contribution < 1.29 is 23.9 Å². The summed E-state index contributed by atoms with van der Waals surface area (Å²) >= 11 is 0. The number of fused-ring (bicyclic) bond motifs is 2. The Labute approximate surface area is 258 Å². The first-order chi connectivity index (χ1) is 21.1. The van der Waals surface area contributed by atoms with Crippen LogP contribution in [-0.2, 0) is 14.3 Å². The lowest BCUT2D eigenvalue weighted by Crippen LogP contribution is -2.50. The number of carbonyl (C=O) groups excluding carboxylic acids is 3. The third kappa shape index (κ3) is 6.53. The number of pyridine rings is 1. The molecule has 1 saturated heterocycles. The van der Waals surface area contributed by atoms with Crippen molar-refractivity contribution in [1.82, 2.24) is 15.6 Å². The summed E-state index contributed by atoms with van der Waals surface area (Å²) in [5.41, 5.74) is 10.4. The van der Waals surface area contributed by atoms with Gasteiger partial charge in [-0.15, -0.1) is 0 Å². The highest BCUT2D eigenvalue weighted by Crippen LogP contribution is 2.58. The van der Waals surface area contributed by atoms with Crippen molar-refractivity contribution in [3.8, 4) is 0 Å². The molecule has 1 aliphatic carbocycles. The van der Waals surface area contributed by atoms with Crippen LogP contribution in [0.1, 0.15) is 85.2 Å². The number of hydrogen-bond donors (Lipinski definition) is 4. The third-order valence-corrected chi connectivity index (χ3v) is 8.38. The summed E-state index contributed by atoms with van der Waals surface area (Å²) in [7, 11) is 1.58. The predicted molar refractivity (Wildman–Crippen MR) is 169 cm³/mol. The summed E-state index contributed by atoms with van der Waals surface area (Å²) < 4.78 is 11.8. The number of nitrogens with zero attached hydrogens (tertiary/aromatic N) is 2. The van der Waals surface area contributed by atoms with Gasteiger partial charge in [0.1, 0.15) is 5.82 Å². The molecular weight excluding hydrogens is 560 g/mol. The van der Waals surface area contributed by atoms with Gasteiger partial charge in [-0.3, -0.25) is 14.6 Å². The maximum atomic E-state index is 13.9. The summed E-state index contributed by atoms with van der Waals surface area (Å²) in [5.74, 6) is -1.06. The predicted octanol–water partition coefficient (Wildman–Crippen LogP) is 3.51. The lowest BCUT2D eigenvalue weighted by Gasteiger charge is -2.25. The molecule has 6 N–H and O–H groups in total. The molecule has 11 nitrogen and oxygen atoms in total. The van der Waals surface area contributed by atoms with Crippen LogP contribution < -0.4 is 22.1 Å². The van der Waals surface area contributed by atoms with Crippen LogP contribution in [0.25, 0.3) is 0 Å². The van der Waals surface area contributed by atoms with Crippen molar-refractivity contribution in [1.29, 1.82) is 0 Å². The van der Waals surface area contributed by atoms with Gasteiger partial charge in [-0.25, -0.2) is 9.78 Å². The zero-order valence-electron chi connectivity index (χ0n) is 26.0. The first-order valence-corrected chi connectivity index (χ1v) is 15.3. The van der Waals surface area contributed by atoms with E-state index in [1.165, 1.54) is 0 Å². The summed E-state index contributed by atoms with van der Waals surface area (Å²) in [4.78, 5) is 49.7. The minimum absolute atomic E-state index is 0.0199. The Morgan fingerprint density at radius 2 is 1.91 bits per heavy atom. The maximum absolute atomic E-state index is 13.9. The van der Waals surface area contributed by atoms with Gasteiger partial charge >= 0.3 is 5.97 Å². The van der Waals surface area contributed by atoms with E-state index in [9.17, 15) is 14.4 Å². The molecule has 0 radical (unpaired) electrons. The van der Waals surface area contributed by atoms with E-state index in [4.69, 9.17) is 20.9 Å². The maximum Gasteiger partial charge on any atom is 0.350 e. The Hall–Kier alpha value is -4.09. The van der Waals surface area contributed by atoms with Gasteiger partial charge in [0.2, 0.25) is 5.78 Å². The van der Waals surface area contributed by atoms with Gasteiger partial charge in [0.25, 0.3) is 5.60 Å². The largest absolute Gasteiger partial charge is 0.463 e. The van der Waals surface area contributed by atoms with Crippen LogP contribution in [0.3, 0.4) is 0 Å². The fourth-order valence-electron chi connectivity index (χ4n) is 5.82. The van der Waals surface area contributed by atoms with Gasteiger partial charge < -0.3 is 31.6 Å². The number of Topliss-reactive ketones (excluding diaryl/α,β-unsaturated/α-hetero) is 2. The number of anilines is 1. The number of benzene rings is 1. The van der Waals surface area contributed by atoms with E-state index in [-0.39, 0.29) is 42.1 Å². The lowest BCUT2D eigenvalue weighted by atomic mass is 9.72. The third-order valence-electron chi connectivity index (χ3n) is 8.38. The smallest absolute Gasteiger partial charge is 0.350 e. The topological polar surface area (TPSA) is 174 Å². The molecule has 44 heavy (non-hydrogen) atoms. The van der Waals surface area contributed by atoms with Crippen molar-refractivity contribution in [3.63, 3.8) is 0 Å². The average Bonchev–Trinajstić information content (AvgIpc) is 3.74. The first-order valence-electron chi connectivity index (χ1n) is 15.3. The van der Waals surface area contributed by atoms with Crippen LogP contribution >= 0.6 is 0 Å². The number of aromatic nitrogens is 1. The number of nitrogens with one attached hydrogen (secondary N) is 2. The van der Waals surface area contributed by atoms with E-state index >= 15 is 0 Å². The first kappa shape index (κ1) is 32.8. The number of hydrogen-bond acceptors (Lipinski definition) is 9. The highest BCUT2D eigenvalue weighted by molar-refractivity contribution is 6.32. The summed E-state index contributed by atoms with van der Waals surface area (Å²) in [6, 6.07) is 9.81. The molecule has 4 atom stereocenters. The minimum Gasteiger partial charge on any atom is -0.463 e. The number of nitrogen functional groups attached to an aromatic ring is 1. The second-order valence-electron chi connectivity index (χ2n) is 11.5. The molecule has 236 valence electrons. The number of ether oxygens (including phenoxy) is 2. The number of aliphatic imine (C=N–C) groups is 1. The van der Waals surface area contributed by atoms with E-state index in [2.05, 4.69) is 27.5 Å². The number of guanidine groups is 1. The SMILES string of the molecule is CCCC[C@H](CNCC)COC(=O)[C@]12O[C@@]1(C/C=C(\C)C[C@@H](NC(N)=NC)c1ccnc(N)c1)C(=O)c1ccccc1C2=O. The molecule has 0 amide bonds. The van der Waals surface area contributed by atoms with Crippen molar-refractivity contribution >= 4 is 29.3 Å². The van der Waals surface area contributed by atoms with Crippen LogP contribution in [0.2, 0.25) is 0 Å². The van der Waals surface area contributed by atoms with Gasteiger partial charge in [0.15, 0.2) is 17.3 Å². The Bertz CT molecular complexity index is 1430. The number of nitrogens with two attached hydrogens (primary N) is 2. The van der Waals surface area contributed by atoms with Gasteiger partial charge in [-0.05, 0) is 44.0 Å². The van der Waals surface area contributed by atoms with Crippen molar-refractivity contribution in [2.75, 3.05) is 32.5 Å². The van der Waals surface area contributed by atoms with Crippen molar-refractivity contribution in [3.05, 3.63) is 70.9 Å². The molecule has 4 rings (SSSR count). The molecule has 0 saturated carbocycles. The van der Waals surface area contributed by atoms with Crippen LogP contribution in [0.15, 0.2) is 59.2 Å². The van der Waals surface area contributed by atoms with Crippen molar-refractivity contribution in [2.24, 2.45) is 16.6 Å².